The number of ether oxygens (including phenoxy) is 1. The molecule has 1 saturated carbocycles. The molecule has 3 heteroatoms. The Kier molecular flexibility index (Phi) is 10.6. The highest BCUT2D eigenvalue weighted by atomic mass is 16.5. The monoisotopic (exact) mass is 540 g/mol. The van der Waals surface area contributed by atoms with Gasteiger partial charge in [-0.1, -0.05) is 106 Å². The Hall–Kier alpha value is -2.91. The van der Waals surface area contributed by atoms with Gasteiger partial charge in [0.05, 0.1) is 12.0 Å². The molecule has 214 valence electrons. The van der Waals surface area contributed by atoms with Crippen molar-refractivity contribution in [1.29, 1.82) is 0 Å². The molecule has 0 amide bonds. The largest absolute Gasteiger partial charge is 0.460 e. The number of aryl methyl sites for hydroxylation is 1. The molecule has 1 fully saturated rings. The van der Waals surface area contributed by atoms with Gasteiger partial charge in [-0.15, -0.1) is 0 Å². The molecule has 0 saturated heterocycles. The highest BCUT2D eigenvalue weighted by molar-refractivity contribution is 5.76. The number of unbranched alkanes of at least 4 members (excludes halogenated alkanes) is 2. The summed E-state index contributed by atoms with van der Waals surface area (Å²) < 4.78 is 5.40. The molecule has 40 heavy (non-hydrogen) atoms. The highest BCUT2D eigenvalue weighted by Crippen LogP contribution is 2.39. The van der Waals surface area contributed by atoms with E-state index < -0.39 is 5.41 Å². The number of rotatable bonds is 12. The zero-order valence-corrected chi connectivity index (χ0v) is 25.0. The standard InChI is InChI=1S/C37H48O3/c1-5-7-8-9-27-10-14-30(15-11-27)31-18-20-33(21-19-31)35-23-22-34(24-29(35)6-2)32-16-12-28(13-17-32)25-40-36(39)37(3,4)26-38/h12-13,16-24,27,30,38H,5-11,14-15,25-26H2,1-4H3. The molecule has 0 aliphatic heterocycles. The second-order valence-corrected chi connectivity index (χ2v) is 12.4. The van der Waals surface area contributed by atoms with Crippen molar-refractivity contribution in [2.75, 3.05) is 6.61 Å². The topological polar surface area (TPSA) is 46.5 Å². The van der Waals surface area contributed by atoms with E-state index in [0.29, 0.717) is 0 Å². The highest BCUT2D eigenvalue weighted by Gasteiger charge is 2.28. The van der Waals surface area contributed by atoms with Crippen LogP contribution in [0.1, 0.15) is 102 Å². The van der Waals surface area contributed by atoms with Crippen LogP contribution in [0.25, 0.3) is 22.3 Å². The average molecular weight is 541 g/mol. The van der Waals surface area contributed by atoms with Crippen molar-refractivity contribution in [3.8, 4) is 22.3 Å². The number of aliphatic hydroxyl groups excluding tert-OH is 1. The van der Waals surface area contributed by atoms with E-state index >= 15 is 0 Å². The van der Waals surface area contributed by atoms with Gasteiger partial charge in [-0.3, -0.25) is 4.79 Å². The van der Waals surface area contributed by atoms with Crippen molar-refractivity contribution >= 4 is 5.97 Å². The molecule has 1 aliphatic carbocycles. The Bertz CT molecular complexity index is 1220. The fourth-order valence-corrected chi connectivity index (χ4v) is 5.95. The first-order valence-corrected chi connectivity index (χ1v) is 15.4. The maximum Gasteiger partial charge on any atom is 0.314 e. The average Bonchev–Trinajstić information content (AvgIpc) is 3.00. The quantitative estimate of drug-likeness (QED) is 0.184. The van der Waals surface area contributed by atoms with Gasteiger partial charge in [0.2, 0.25) is 0 Å². The minimum absolute atomic E-state index is 0.206. The van der Waals surface area contributed by atoms with Crippen molar-refractivity contribution in [1.82, 2.24) is 0 Å². The van der Waals surface area contributed by atoms with Crippen LogP contribution in [0.5, 0.6) is 0 Å². The number of carbonyl (C=O) groups is 1. The lowest BCUT2D eigenvalue weighted by molar-refractivity contribution is -0.157. The Morgan fingerprint density at radius 2 is 1.50 bits per heavy atom. The van der Waals surface area contributed by atoms with Gasteiger partial charge in [0, 0.05) is 0 Å². The molecule has 0 aromatic heterocycles. The second kappa shape index (κ2) is 14.1. The van der Waals surface area contributed by atoms with Crippen molar-refractivity contribution in [2.24, 2.45) is 11.3 Å². The summed E-state index contributed by atoms with van der Waals surface area (Å²) in [5.74, 6) is 1.28. The summed E-state index contributed by atoms with van der Waals surface area (Å²) in [6.07, 6.45) is 12.0. The summed E-state index contributed by atoms with van der Waals surface area (Å²) in [5.41, 5.74) is 7.86. The Balaban J connectivity index is 1.38. The van der Waals surface area contributed by atoms with Crippen LogP contribution in [0.4, 0.5) is 0 Å². The third-order valence-electron chi connectivity index (χ3n) is 8.85. The zero-order chi connectivity index (χ0) is 28.5. The van der Waals surface area contributed by atoms with Gasteiger partial charge >= 0.3 is 5.97 Å². The lowest BCUT2D eigenvalue weighted by atomic mass is 9.77. The molecule has 4 rings (SSSR count). The third-order valence-corrected chi connectivity index (χ3v) is 8.85. The SMILES string of the molecule is CCCCCC1CCC(c2ccc(-c3ccc(-c4ccc(COC(=O)C(C)(C)CO)cc4)cc3CC)cc2)CC1. The summed E-state index contributed by atoms with van der Waals surface area (Å²) in [6, 6.07) is 24.4. The van der Waals surface area contributed by atoms with Gasteiger partial charge in [0.25, 0.3) is 0 Å². The lowest BCUT2D eigenvalue weighted by Gasteiger charge is -2.29. The van der Waals surface area contributed by atoms with Crippen LogP contribution in [-0.2, 0) is 22.6 Å². The molecular formula is C37H48O3. The van der Waals surface area contributed by atoms with Gasteiger partial charge in [-0.25, -0.2) is 0 Å². The maximum absolute atomic E-state index is 12.1. The molecular weight excluding hydrogens is 492 g/mol. The van der Waals surface area contributed by atoms with Crippen LogP contribution < -0.4 is 0 Å². The lowest BCUT2D eigenvalue weighted by Crippen LogP contribution is -2.30. The normalized spacial score (nSPS) is 17.5. The van der Waals surface area contributed by atoms with Gasteiger partial charge in [-0.05, 0) is 96.7 Å². The minimum Gasteiger partial charge on any atom is -0.460 e. The van der Waals surface area contributed by atoms with E-state index in [1.807, 2.05) is 12.1 Å². The fraction of sp³-hybridized carbons (Fsp3) is 0.486. The number of hydrogen-bond acceptors (Lipinski definition) is 3. The van der Waals surface area contributed by atoms with Crippen LogP contribution in [0.15, 0.2) is 66.7 Å². The van der Waals surface area contributed by atoms with E-state index in [2.05, 4.69) is 68.4 Å². The Labute approximate surface area is 242 Å². The number of aliphatic hydroxyl groups is 1. The molecule has 0 spiro atoms. The van der Waals surface area contributed by atoms with E-state index in [1.165, 1.54) is 79.2 Å². The van der Waals surface area contributed by atoms with Crippen LogP contribution in [-0.4, -0.2) is 17.7 Å². The second-order valence-electron chi connectivity index (χ2n) is 12.4. The molecule has 0 heterocycles. The first-order valence-electron chi connectivity index (χ1n) is 15.4. The minimum atomic E-state index is -0.883. The van der Waals surface area contributed by atoms with E-state index in [-0.39, 0.29) is 19.2 Å². The van der Waals surface area contributed by atoms with Crippen molar-refractivity contribution in [3.05, 3.63) is 83.4 Å². The van der Waals surface area contributed by atoms with E-state index in [1.54, 1.807) is 13.8 Å². The van der Waals surface area contributed by atoms with E-state index in [0.717, 1.165) is 29.4 Å². The summed E-state index contributed by atoms with van der Waals surface area (Å²) >= 11 is 0. The summed E-state index contributed by atoms with van der Waals surface area (Å²) in [4.78, 5) is 12.1. The van der Waals surface area contributed by atoms with Crippen LogP contribution in [0, 0.1) is 11.3 Å². The van der Waals surface area contributed by atoms with Gasteiger partial charge < -0.3 is 9.84 Å². The summed E-state index contributed by atoms with van der Waals surface area (Å²) in [6.45, 7) is 7.86. The first-order chi connectivity index (χ1) is 19.3. The summed E-state index contributed by atoms with van der Waals surface area (Å²) in [5, 5.41) is 9.36. The van der Waals surface area contributed by atoms with Crippen molar-refractivity contribution < 1.29 is 14.6 Å². The number of benzene rings is 3. The predicted octanol–water partition coefficient (Wildman–Crippen LogP) is 9.50. The fourth-order valence-electron chi connectivity index (χ4n) is 5.95. The molecule has 0 bridgehead atoms. The van der Waals surface area contributed by atoms with Gasteiger partial charge in [0.1, 0.15) is 6.61 Å². The van der Waals surface area contributed by atoms with Crippen LogP contribution >= 0.6 is 0 Å². The molecule has 3 nitrogen and oxygen atoms in total. The van der Waals surface area contributed by atoms with Crippen LogP contribution in [0.2, 0.25) is 0 Å². The molecule has 0 atom stereocenters. The molecule has 0 radical (unpaired) electrons. The van der Waals surface area contributed by atoms with Gasteiger partial charge in [0.15, 0.2) is 0 Å². The third kappa shape index (κ3) is 7.63. The van der Waals surface area contributed by atoms with E-state index in [4.69, 9.17) is 4.74 Å². The number of hydrogen-bond donors (Lipinski definition) is 1. The van der Waals surface area contributed by atoms with Crippen LogP contribution in [0.3, 0.4) is 0 Å². The molecule has 1 N–H and O–H groups in total. The Morgan fingerprint density at radius 3 is 2.12 bits per heavy atom. The maximum atomic E-state index is 12.1. The van der Waals surface area contributed by atoms with Gasteiger partial charge in [-0.2, -0.15) is 0 Å². The molecule has 3 aromatic carbocycles. The smallest absolute Gasteiger partial charge is 0.314 e. The molecule has 0 unspecified atom stereocenters. The first kappa shape index (κ1) is 30.1. The van der Waals surface area contributed by atoms with E-state index in [9.17, 15) is 9.90 Å². The Morgan fingerprint density at radius 1 is 0.850 bits per heavy atom. The van der Waals surface area contributed by atoms with Crippen molar-refractivity contribution in [3.63, 3.8) is 0 Å². The molecule has 3 aromatic rings. The predicted molar refractivity (Wildman–Crippen MR) is 166 cm³/mol. The number of carbonyl (C=O) groups excluding carboxylic acids is 1. The zero-order valence-electron chi connectivity index (χ0n) is 25.0. The number of esters is 1. The van der Waals surface area contributed by atoms with Crippen molar-refractivity contribution in [2.45, 2.75) is 98.0 Å². The summed E-state index contributed by atoms with van der Waals surface area (Å²) in [7, 11) is 0. The molecule has 1 aliphatic rings.